The maximum atomic E-state index is 12.8. The highest BCUT2D eigenvalue weighted by Crippen LogP contribution is 2.31. The number of carbonyl (C=O) groups excluding carboxylic acids is 2. The van der Waals surface area contributed by atoms with Gasteiger partial charge >= 0.3 is 0 Å². The molecule has 29 heavy (non-hydrogen) atoms. The molecule has 0 radical (unpaired) electrons. The van der Waals surface area contributed by atoms with Crippen LogP contribution in [0.1, 0.15) is 87.8 Å². The Labute approximate surface area is 171 Å². The zero-order valence-corrected chi connectivity index (χ0v) is 17.4. The van der Waals surface area contributed by atoms with Gasteiger partial charge in [-0.1, -0.05) is 26.2 Å². The minimum absolute atomic E-state index is 0.104. The highest BCUT2D eigenvalue weighted by Gasteiger charge is 2.33. The second-order valence-corrected chi connectivity index (χ2v) is 8.75. The molecule has 1 aliphatic carbocycles. The van der Waals surface area contributed by atoms with Crippen LogP contribution in [0.5, 0.6) is 0 Å². The molecule has 4 rings (SSSR count). The fraction of sp³-hybridized carbons (Fsp3) is 0.727. The number of fused-ring (bicyclic) bond motifs is 1. The van der Waals surface area contributed by atoms with E-state index < -0.39 is 0 Å². The predicted molar refractivity (Wildman–Crippen MR) is 109 cm³/mol. The number of hydrogen-bond acceptors (Lipinski definition) is 4. The van der Waals surface area contributed by atoms with Gasteiger partial charge in [0.1, 0.15) is 5.82 Å². The van der Waals surface area contributed by atoms with Gasteiger partial charge in [0.05, 0.1) is 23.8 Å². The molecule has 2 amide bonds. The van der Waals surface area contributed by atoms with Crippen LogP contribution in [0.4, 0.5) is 0 Å². The molecule has 1 atom stereocenters. The van der Waals surface area contributed by atoms with Gasteiger partial charge in [-0.2, -0.15) is 0 Å². The van der Waals surface area contributed by atoms with Crippen molar-refractivity contribution >= 4 is 11.8 Å². The van der Waals surface area contributed by atoms with Crippen molar-refractivity contribution in [3.05, 3.63) is 27.4 Å². The first-order valence-electron chi connectivity index (χ1n) is 11.3. The minimum atomic E-state index is -0.157. The highest BCUT2D eigenvalue weighted by atomic mass is 16.2. The van der Waals surface area contributed by atoms with Crippen LogP contribution in [0.15, 0.2) is 4.79 Å². The maximum absolute atomic E-state index is 12.8. The molecule has 1 saturated heterocycles. The summed E-state index contributed by atoms with van der Waals surface area (Å²) in [6, 6.07) is -0.133. The van der Waals surface area contributed by atoms with E-state index in [1.165, 1.54) is 19.3 Å². The molecule has 0 unspecified atom stereocenters. The SMILES string of the molecule is CCC(=O)N1CCC[C@@H]1c1nc2c(c(=O)[nH]1)CN(C(=O)CC1CCCCC1)CC2. The van der Waals surface area contributed by atoms with Crippen LogP contribution in [-0.2, 0) is 22.6 Å². The molecule has 0 bridgehead atoms. The summed E-state index contributed by atoms with van der Waals surface area (Å²) in [4.78, 5) is 49.1. The largest absolute Gasteiger partial charge is 0.338 e. The number of hydrogen-bond donors (Lipinski definition) is 1. The van der Waals surface area contributed by atoms with Crippen LogP contribution in [0, 0.1) is 5.92 Å². The Hall–Kier alpha value is -2.18. The zero-order chi connectivity index (χ0) is 20.4. The summed E-state index contributed by atoms with van der Waals surface area (Å²) in [5, 5.41) is 0. The molecule has 1 saturated carbocycles. The first kappa shape index (κ1) is 20.1. The predicted octanol–water partition coefficient (Wildman–Crippen LogP) is 2.70. The highest BCUT2D eigenvalue weighted by molar-refractivity contribution is 5.77. The van der Waals surface area contributed by atoms with E-state index in [-0.39, 0.29) is 23.4 Å². The molecule has 7 heteroatoms. The Morgan fingerprint density at radius 3 is 2.62 bits per heavy atom. The smallest absolute Gasteiger partial charge is 0.256 e. The molecule has 0 aromatic carbocycles. The van der Waals surface area contributed by atoms with E-state index in [0.717, 1.165) is 37.9 Å². The van der Waals surface area contributed by atoms with E-state index >= 15 is 0 Å². The third-order valence-electron chi connectivity index (χ3n) is 6.82. The number of nitrogens with zero attached hydrogens (tertiary/aromatic N) is 3. The number of likely N-dealkylation sites (tertiary alicyclic amines) is 1. The van der Waals surface area contributed by atoms with Crippen molar-refractivity contribution in [2.45, 2.75) is 83.7 Å². The normalized spacial score (nSPS) is 22.6. The van der Waals surface area contributed by atoms with Gasteiger partial charge < -0.3 is 14.8 Å². The number of amides is 2. The van der Waals surface area contributed by atoms with Gasteiger partial charge in [-0.3, -0.25) is 14.4 Å². The lowest BCUT2D eigenvalue weighted by Gasteiger charge is -2.31. The zero-order valence-electron chi connectivity index (χ0n) is 17.4. The van der Waals surface area contributed by atoms with Crippen LogP contribution < -0.4 is 5.56 Å². The van der Waals surface area contributed by atoms with Crippen LogP contribution in [0.2, 0.25) is 0 Å². The first-order valence-corrected chi connectivity index (χ1v) is 11.3. The fourth-order valence-electron chi connectivity index (χ4n) is 5.13. The van der Waals surface area contributed by atoms with Crippen molar-refractivity contribution in [2.24, 2.45) is 5.92 Å². The van der Waals surface area contributed by atoms with Gasteiger partial charge in [-0.05, 0) is 31.6 Å². The van der Waals surface area contributed by atoms with Crippen molar-refractivity contribution in [2.75, 3.05) is 13.1 Å². The van der Waals surface area contributed by atoms with Crippen molar-refractivity contribution < 1.29 is 9.59 Å². The summed E-state index contributed by atoms with van der Waals surface area (Å²) < 4.78 is 0. The van der Waals surface area contributed by atoms with Crippen molar-refractivity contribution in [3.8, 4) is 0 Å². The van der Waals surface area contributed by atoms with Crippen molar-refractivity contribution in [3.63, 3.8) is 0 Å². The van der Waals surface area contributed by atoms with Crippen molar-refractivity contribution in [1.82, 2.24) is 19.8 Å². The van der Waals surface area contributed by atoms with Gasteiger partial charge in [0.15, 0.2) is 0 Å². The number of aromatic amines is 1. The average molecular weight is 401 g/mol. The quantitative estimate of drug-likeness (QED) is 0.842. The van der Waals surface area contributed by atoms with Crippen LogP contribution >= 0.6 is 0 Å². The van der Waals surface area contributed by atoms with Crippen LogP contribution in [-0.4, -0.2) is 44.7 Å². The lowest BCUT2D eigenvalue weighted by Crippen LogP contribution is -2.41. The molecule has 1 aromatic heterocycles. The van der Waals surface area contributed by atoms with Gasteiger partial charge in [0.2, 0.25) is 11.8 Å². The Bertz CT molecular complexity index is 828. The maximum Gasteiger partial charge on any atom is 0.256 e. The number of aromatic nitrogens is 2. The van der Waals surface area contributed by atoms with Crippen molar-refractivity contribution in [1.29, 1.82) is 0 Å². The monoisotopic (exact) mass is 400 g/mol. The molecule has 1 aromatic rings. The number of nitrogens with one attached hydrogen (secondary N) is 1. The molecule has 3 heterocycles. The lowest BCUT2D eigenvalue weighted by atomic mass is 9.86. The Kier molecular flexibility index (Phi) is 6.01. The topological polar surface area (TPSA) is 86.4 Å². The summed E-state index contributed by atoms with van der Waals surface area (Å²) in [5.41, 5.74) is 1.25. The molecule has 1 N–H and O–H groups in total. The number of H-pyrrole nitrogens is 1. The average Bonchev–Trinajstić information content (AvgIpc) is 3.23. The van der Waals surface area contributed by atoms with E-state index in [4.69, 9.17) is 4.98 Å². The molecule has 2 fully saturated rings. The van der Waals surface area contributed by atoms with Gasteiger partial charge in [-0.25, -0.2) is 4.98 Å². The summed E-state index contributed by atoms with van der Waals surface area (Å²) in [5.74, 6) is 1.38. The molecule has 2 aliphatic heterocycles. The second-order valence-electron chi connectivity index (χ2n) is 8.75. The summed E-state index contributed by atoms with van der Waals surface area (Å²) in [6.45, 7) is 3.56. The molecule has 3 aliphatic rings. The molecular weight excluding hydrogens is 368 g/mol. The van der Waals surface area contributed by atoms with E-state index in [2.05, 4.69) is 4.98 Å². The summed E-state index contributed by atoms with van der Waals surface area (Å²) in [7, 11) is 0. The van der Waals surface area contributed by atoms with E-state index in [1.54, 1.807) is 0 Å². The lowest BCUT2D eigenvalue weighted by molar-refractivity contribution is -0.133. The Morgan fingerprint density at radius 1 is 1.07 bits per heavy atom. The minimum Gasteiger partial charge on any atom is -0.338 e. The standard InChI is InChI=1S/C22H32N4O3/c1-2-19(27)26-11-6-9-18(26)21-23-17-10-12-25(14-16(17)22(29)24-21)20(28)13-15-7-4-3-5-8-15/h15,18H,2-14H2,1H3,(H,23,24,29)/t18-/m1/s1. The second kappa shape index (κ2) is 8.67. The van der Waals surface area contributed by atoms with Crippen LogP contribution in [0.3, 0.4) is 0 Å². The third kappa shape index (κ3) is 4.23. The van der Waals surface area contributed by atoms with Crippen LogP contribution in [0.25, 0.3) is 0 Å². The summed E-state index contributed by atoms with van der Waals surface area (Å²) in [6.07, 6.45) is 9.48. The van der Waals surface area contributed by atoms with Gasteiger partial charge in [-0.15, -0.1) is 0 Å². The van der Waals surface area contributed by atoms with E-state index in [9.17, 15) is 14.4 Å². The number of rotatable bonds is 4. The van der Waals surface area contributed by atoms with Gasteiger partial charge in [0.25, 0.3) is 5.56 Å². The molecule has 7 nitrogen and oxygen atoms in total. The van der Waals surface area contributed by atoms with E-state index in [1.807, 2.05) is 16.7 Å². The molecule has 158 valence electrons. The first-order chi connectivity index (χ1) is 14.1. The fourth-order valence-corrected chi connectivity index (χ4v) is 5.13. The van der Waals surface area contributed by atoms with Gasteiger partial charge in [0, 0.05) is 32.4 Å². The Balaban J connectivity index is 1.48. The third-order valence-corrected chi connectivity index (χ3v) is 6.82. The Morgan fingerprint density at radius 2 is 1.86 bits per heavy atom. The number of carbonyl (C=O) groups is 2. The molecule has 0 spiro atoms. The van der Waals surface area contributed by atoms with E-state index in [0.29, 0.717) is 49.7 Å². The molecular formula is C22H32N4O3. The summed E-state index contributed by atoms with van der Waals surface area (Å²) >= 11 is 0.